The van der Waals surface area contributed by atoms with E-state index < -0.39 is 0 Å². The standard InChI is InChI=1S/C25H16BN/c1-3-11-20-16(7-1)15-17-8-5-14-23-24(17)26(20)21-12-6-10-19-18-9-2-4-13-22(18)27(23)25(19)21/h1-14H,15H2. The number of aromatic nitrogens is 1. The molecule has 0 amide bonds. The Morgan fingerprint density at radius 2 is 1.37 bits per heavy atom. The molecule has 0 aliphatic carbocycles. The molecule has 0 spiro atoms. The highest BCUT2D eigenvalue weighted by molar-refractivity contribution is 6.98. The van der Waals surface area contributed by atoms with Gasteiger partial charge in [0, 0.05) is 22.0 Å². The lowest BCUT2D eigenvalue weighted by Crippen LogP contribution is -2.60. The maximum Gasteiger partial charge on any atom is 0.247 e. The van der Waals surface area contributed by atoms with Crippen molar-refractivity contribution in [2.45, 2.75) is 6.42 Å². The minimum absolute atomic E-state index is 0.335. The number of hydrogen-bond donors (Lipinski definition) is 0. The zero-order valence-electron chi connectivity index (χ0n) is 14.8. The highest BCUT2D eigenvalue weighted by atomic mass is 15.0. The van der Waals surface area contributed by atoms with Crippen molar-refractivity contribution in [3.05, 3.63) is 96.1 Å². The van der Waals surface area contributed by atoms with Crippen LogP contribution in [0.25, 0.3) is 27.5 Å². The van der Waals surface area contributed by atoms with Gasteiger partial charge < -0.3 is 4.57 Å². The minimum atomic E-state index is 0.335. The summed E-state index contributed by atoms with van der Waals surface area (Å²) in [6.07, 6.45) is 1.03. The lowest BCUT2D eigenvalue weighted by atomic mass is 9.32. The van der Waals surface area contributed by atoms with Gasteiger partial charge in [-0.2, -0.15) is 0 Å². The molecular formula is C25H16BN. The first-order chi connectivity index (χ1) is 13.4. The van der Waals surface area contributed by atoms with Gasteiger partial charge in [-0.1, -0.05) is 78.3 Å². The number of benzene rings is 4. The fourth-order valence-corrected chi connectivity index (χ4v) is 5.47. The summed E-state index contributed by atoms with van der Waals surface area (Å²) in [5.41, 5.74) is 11.4. The lowest BCUT2D eigenvalue weighted by molar-refractivity contribution is 1.14. The van der Waals surface area contributed by atoms with Crippen LogP contribution in [0.2, 0.25) is 0 Å². The Labute approximate surface area is 158 Å². The monoisotopic (exact) mass is 341 g/mol. The van der Waals surface area contributed by atoms with Crippen LogP contribution in [0.5, 0.6) is 0 Å². The van der Waals surface area contributed by atoms with E-state index in [0.29, 0.717) is 6.71 Å². The molecule has 27 heavy (non-hydrogen) atoms. The highest BCUT2D eigenvalue weighted by Gasteiger charge is 2.38. The van der Waals surface area contributed by atoms with Gasteiger partial charge in [0.15, 0.2) is 0 Å². The molecule has 0 saturated carbocycles. The summed E-state index contributed by atoms with van der Waals surface area (Å²) in [4.78, 5) is 0. The molecule has 2 heteroatoms. The lowest BCUT2D eigenvalue weighted by Gasteiger charge is -2.33. The molecule has 0 saturated heterocycles. The van der Waals surface area contributed by atoms with Crippen LogP contribution in [0.3, 0.4) is 0 Å². The first-order valence-corrected chi connectivity index (χ1v) is 9.64. The molecule has 4 aromatic carbocycles. The van der Waals surface area contributed by atoms with Gasteiger partial charge in [-0.05, 0) is 40.6 Å². The molecule has 7 rings (SSSR count). The molecule has 0 N–H and O–H groups in total. The second-order valence-corrected chi connectivity index (χ2v) is 7.75. The van der Waals surface area contributed by atoms with E-state index in [1.54, 1.807) is 0 Å². The normalized spacial score (nSPS) is 13.7. The summed E-state index contributed by atoms with van der Waals surface area (Å²) in [7, 11) is 0. The molecule has 1 aromatic heterocycles. The Bertz CT molecular complexity index is 1410. The van der Waals surface area contributed by atoms with Crippen molar-refractivity contribution >= 4 is 44.9 Å². The van der Waals surface area contributed by atoms with E-state index in [9.17, 15) is 0 Å². The van der Waals surface area contributed by atoms with E-state index in [-0.39, 0.29) is 0 Å². The summed E-state index contributed by atoms with van der Waals surface area (Å²) in [6.45, 7) is 0.335. The predicted molar refractivity (Wildman–Crippen MR) is 115 cm³/mol. The molecule has 0 unspecified atom stereocenters. The molecule has 2 aliphatic heterocycles. The van der Waals surface area contributed by atoms with Crippen LogP contribution < -0.4 is 16.4 Å². The summed E-state index contributed by atoms with van der Waals surface area (Å²) >= 11 is 0. The zero-order chi connectivity index (χ0) is 17.5. The molecule has 124 valence electrons. The average Bonchev–Trinajstić information content (AvgIpc) is 3.07. The van der Waals surface area contributed by atoms with Gasteiger partial charge in [-0.15, -0.1) is 0 Å². The van der Waals surface area contributed by atoms with E-state index in [1.165, 1.54) is 55.0 Å². The Balaban J connectivity index is 1.76. The van der Waals surface area contributed by atoms with Crippen LogP contribution in [-0.4, -0.2) is 11.3 Å². The van der Waals surface area contributed by atoms with Crippen molar-refractivity contribution in [3.63, 3.8) is 0 Å². The van der Waals surface area contributed by atoms with Gasteiger partial charge in [0.1, 0.15) is 0 Å². The van der Waals surface area contributed by atoms with Crippen molar-refractivity contribution in [2.75, 3.05) is 0 Å². The van der Waals surface area contributed by atoms with Crippen molar-refractivity contribution in [1.29, 1.82) is 0 Å². The average molecular weight is 341 g/mol. The topological polar surface area (TPSA) is 4.93 Å². The van der Waals surface area contributed by atoms with Gasteiger partial charge in [0.2, 0.25) is 6.71 Å². The van der Waals surface area contributed by atoms with E-state index >= 15 is 0 Å². The van der Waals surface area contributed by atoms with Crippen LogP contribution in [0.1, 0.15) is 11.1 Å². The van der Waals surface area contributed by atoms with Crippen molar-refractivity contribution in [3.8, 4) is 5.69 Å². The van der Waals surface area contributed by atoms with E-state index in [0.717, 1.165) is 6.42 Å². The van der Waals surface area contributed by atoms with Crippen LogP contribution in [0, 0.1) is 0 Å². The van der Waals surface area contributed by atoms with E-state index in [4.69, 9.17) is 0 Å². The SMILES string of the molecule is c1ccc2c(c1)Cc1cccc3c1B2c1cccc2c4ccccc4n-3c12. The maximum atomic E-state index is 2.50. The number of para-hydroxylation sites is 2. The van der Waals surface area contributed by atoms with Gasteiger partial charge in [-0.3, -0.25) is 0 Å². The Morgan fingerprint density at radius 3 is 2.37 bits per heavy atom. The summed E-state index contributed by atoms with van der Waals surface area (Å²) in [5, 5.41) is 2.71. The summed E-state index contributed by atoms with van der Waals surface area (Å²) < 4.78 is 2.50. The van der Waals surface area contributed by atoms with Crippen molar-refractivity contribution < 1.29 is 0 Å². The molecular weight excluding hydrogens is 325 g/mol. The van der Waals surface area contributed by atoms with E-state index in [2.05, 4.69) is 89.5 Å². The third-order valence-electron chi connectivity index (χ3n) is 6.49. The van der Waals surface area contributed by atoms with Crippen LogP contribution in [0.15, 0.2) is 84.9 Å². The number of nitrogens with zero attached hydrogens (tertiary/aromatic N) is 1. The fraction of sp³-hybridized carbons (Fsp3) is 0.0400. The molecule has 0 fully saturated rings. The third-order valence-corrected chi connectivity index (χ3v) is 6.49. The van der Waals surface area contributed by atoms with Gasteiger partial charge in [0.25, 0.3) is 0 Å². The van der Waals surface area contributed by atoms with Crippen molar-refractivity contribution in [1.82, 2.24) is 4.57 Å². The quantitative estimate of drug-likeness (QED) is 0.372. The third kappa shape index (κ3) is 1.58. The largest absolute Gasteiger partial charge is 0.310 e. The summed E-state index contributed by atoms with van der Waals surface area (Å²) in [6, 6.07) is 31.5. The van der Waals surface area contributed by atoms with Crippen molar-refractivity contribution in [2.24, 2.45) is 0 Å². The van der Waals surface area contributed by atoms with Gasteiger partial charge >= 0.3 is 0 Å². The second kappa shape index (κ2) is 4.72. The van der Waals surface area contributed by atoms with Crippen LogP contribution >= 0.6 is 0 Å². The van der Waals surface area contributed by atoms with Gasteiger partial charge in [-0.25, -0.2) is 0 Å². The van der Waals surface area contributed by atoms with Crippen LogP contribution in [0.4, 0.5) is 0 Å². The fourth-order valence-electron chi connectivity index (χ4n) is 5.47. The molecule has 3 heterocycles. The predicted octanol–water partition coefficient (Wildman–Crippen LogP) is 3.52. The Kier molecular flexibility index (Phi) is 2.43. The van der Waals surface area contributed by atoms with Gasteiger partial charge in [0.05, 0.1) is 5.52 Å². The Hall–Kier alpha value is -3.26. The van der Waals surface area contributed by atoms with Crippen LogP contribution in [-0.2, 0) is 6.42 Å². The minimum Gasteiger partial charge on any atom is -0.310 e. The van der Waals surface area contributed by atoms with E-state index in [1.807, 2.05) is 0 Å². The number of fused-ring (bicyclic) bond motifs is 7. The summed E-state index contributed by atoms with van der Waals surface area (Å²) in [5.74, 6) is 0. The zero-order valence-corrected chi connectivity index (χ0v) is 14.8. The first kappa shape index (κ1) is 13.9. The number of hydrogen-bond acceptors (Lipinski definition) is 0. The molecule has 0 atom stereocenters. The highest BCUT2D eigenvalue weighted by Crippen LogP contribution is 2.34. The molecule has 0 bridgehead atoms. The smallest absolute Gasteiger partial charge is 0.247 e. The molecule has 2 aliphatic rings. The molecule has 5 aromatic rings. The maximum absolute atomic E-state index is 2.50. The first-order valence-electron chi connectivity index (χ1n) is 9.64. The number of rotatable bonds is 0. The molecule has 1 nitrogen and oxygen atoms in total. The Morgan fingerprint density at radius 1 is 0.630 bits per heavy atom. The second-order valence-electron chi connectivity index (χ2n) is 7.75. The molecule has 0 radical (unpaired) electrons.